The highest BCUT2D eigenvalue weighted by molar-refractivity contribution is 7.51. The second-order valence-electron chi connectivity index (χ2n) is 4.08. The molecule has 0 aliphatic rings. The fourth-order valence-electron chi connectivity index (χ4n) is 1.49. The van der Waals surface area contributed by atoms with Crippen molar-refractivity contribution in [2.75, 3.05) is 25.3 Å². The van der Waals surface area contributed by atoms with Gasteiger partial charge in [-0.1, -0.05) is 0 Å². The van der Waals surface area contributed by atoms with Crippen LogP contribution in [0.15, 0.2) is 12.7 Å². The summed E-state index contributed by atoms with van der Waals surface area (Å²) in [4.78, 5) is 34.4. The number of nitrogens with zero attached hydrogens (tertiary/aromatic N) is 4. The summed E-state index contributed by atoms with van der Waals surface area (Å²) in [6, 6.07) is 0. The lowest BCUT2D eigenvalue weighted by Crippen LogP contribution is -2.33. The first-order chi connectivity index (χ1) is 9.90. The molecule has 116 valence electrons. The van der Waals surface area contributed by atoms with E-state index in [9.17, 15) is 9.67 Å². The summed E-state index contributed by atoms with van der Waals surface area (Å²) in [5, 5.41) is 9.19. The number of hydrogen-bond acceptors (Lipinski definition) is 8. The molecular formula is C9H14N5O6P. The van der Waals surface area contributed by atoms with Crippen molar-refractivity contribution in [2.45, 2.75) is 6.10 Å². The summed E-state index contributed by atoms with van der Waals surface area (Å²) in [7, 11) is -4.26. The van der Waals surface area contributed by atoms with Crippen LogP contribution in [0.4, 0.5) is 5.82 Å². The predicted octanol–water partition coefficient (Wildman–Crippen LogP) is -1.65. The molecule has 0 fully saturated rings. The zero-order valence-electron chi connectivity index (χ0n) is 10.7. The van der Waals surface area contributed by atoms with E-state index in [2.05, 4.69) is 15.0 Å². The number of anilines is 1. The molecular weight excluding hydrogens is 305 g/mol. The minimum absolute atomic E-state index is 0.181. The molecule has 0 spiro atoms. The third-order valence-electron chi connectivity index (χ3n) is 2.36. The Bertz CT molecular complexity index is 657. The second kappa shape index (κ2) is 6.33. The van der Waals surface area contributed by atoms with Crippen LogP contribution in [0.25, 0.3) is 11.2 Å². The first kappa shape index (κ1) is 15.6. The monoisotopic (exact) mass is 319 g/mol. The first-order valence-corrected chi connectivity index (χ1v) is 7.54. The van der Waals surface area contributed by atoms with Crippen molar-refractivity contribution >= 4 is 24.6 Å². The highest BCUT2D eigenvalue weighted by Gasteiger charge is 2.18. The Labute approximate surface area is 118 Å². The van der Waals surface area contributed by atoms with Crippen molar-refractivity contribution in [2.24, 2.45) is 0 Å². The van der Waals surface area contributed by atoms with Gasteiger partial charge in [-0.15, -0.1) is 0 Å². The smallest absolute Gasteiger partial charge is 0.350 e. The molecule has 2 rings (SSSR count). The van der Waals surface area contributed by atoms with E-state index in [1.165, 1.54) is 17.4 Å². The maximum Gasteiger partial charge on any atom is 0.350 e. The maximum atomic E-state index is 10.7. The number of aliphatic hydroxyl groups excluding tert-OH is 1. The summed E-state index contributed by atoms with van der Waals surface area (Å²) in [5.41, 5.74) is 6.26. The van der Waals surface area contributed by atoms with Crippen molar-refractivity contribution in [3.8, 4) is 0 Å². The van der Waals surface area contributed by atoms with E-state index in [4.69, 9.17) is 25.1 Å². The zero-order chi connectivity index (χ0) is 15.5. The summed E-state index contributed by atoms with van der Waals surface area (Å²) in [5.74, 6) is 0.181. The molecule has 1 unspecified atom stereocenters. The minimum Gasteiger partial charge on any atom is -0.403 e. The standard InChI is InChI=1S/C9H14N5O6P/c10-8-7-9(12-3-11-8)14(4-13-7)20-6(1-15)2-19-5-21(16,17)18/h3-4,6,15H,1-2,5H2,(H2,10,11,12)(H2,16,17,18). The Morgan fingerprint density at radius 1 is 1.38 bits per heavy atom. The SMILES string of the molecule is Nc1ncnc2c1ncn2OC(CO)COCP(=O)(O)O. The van der Waals surface area contributed by atoms with Crippen LogP contribution in [0.5, 0.6) is 0 Å². The fraction of sp³-hybridized carbons (Fsp3) is 0.444. The van der Waals surface area contributed by atoms with Gasteiger partial charge in [0.1, 0.15) is 19.0 Å². The van der Waals surface area contributed by atoms with Gasteiger partial charge in [-0.3, -0.25) is 4.57 Å². The molecule has 0 saturated carbocycles. The van der Waals surface area contributed by atoms with Gasteiger partial charge in [0.25, 0.3) is 0 Å². The van der Waals surface area contributed by atoms with Gasteiger partial charge in [0.2, 0.25) is 5.65 Å². The number of aliphatic hydroxyl groups is 1. The maximum absolute atomic E-state index is 10.7. The van der Waals surface area contributed by atoms with Crippen LogP contribution < -0.4 is 10.6 Å². The molecule has 2 heterocycles. The Kier molecular flexibility index (Phi) is 4.70. The highest BCUT2D eigenvalue weighted by Crippen LogP contribution is 2.33. The van der Waals surface area contributed by atoms with Crippen LogP contribution in [0.2, 0.25) is 0 Å². The molecule has 0 saturated heterocycles. The minimum atomic E-state index is -4.26. The van der Waals surface area contributed by atoms with E-state index in [-0.39, 0.29) is 12.4 Å². The molecule has 5 N–H and O–H groups in total. The molecule has 2 aromatic rings. The summed E-state index contributed by atoms with van der Waals surface area (Å²) >= 11 is 0. The average Bonchev–Trinajstić information content (AvgIpc) is 2.81. The number of hydrogen-bond donors (Lipinski definition) is 4. The third kappa shape index (κ3) is 4.09. The number of ether oxygens (including phenoxy) is 1. The van der Waals surface area contributed by atoms with Crippen LogP contribution in [-0.2, 0) is 9.30 Å². The second-order valence-corrected chi connectivity index (χ2v) is 5.66. The number of nitrogen functional groups attached to an aromatic ring is 1. The van der Waals surface area contributed by atoms with Crippen molar-refractivity contribution in [1.29, 1.82) is 0 Å². The van der Waals surface area contributed by atoms with Crippen LogP contribution in [0.3, 0.4) is 0 Å². The van der Waals surface area contributed by atoms with Gasteiger partial charge in [0.05, 0.1) is 13.2 Å². The quantitative estimate of drug-likeness (QED) is 0.434. The van der Waals surface area contributed by atoms with Gasteiger partial charge in [-0.05, 0) is 0 Å². The Balaban J connectivity index is 2.03. The van der Waals surface area contributed by atoms with Crippen molar-refractivity contribution in [3.63, 3.8) is 0 Å². The number of fused-ring (bicyclic) bond motifs is 1. The largest absolute Gasteiger partial charge is 0.403 e. The molecule has 2 aromatic heterocycles. The number of imidazole rings is 1. The zero-order valence-corrected chi connectivity index (χ0v) is 11.6. The lowest BCUT2D eigenvalue weighted by atomic mass is 10.4. The van der Waals surface area contributed by atoms with E-state index < -0.39 is 26.7 Å². The molecule has 11 nitrogen and oxygen atoms in total. The average molecular weight is 319 g/mol. The summed E-state index contributed by atoms with van der Waals surface area (Å²) in [6.45, 7) is -0.650. The third-order valence-corrected chi connectivity index (χ3v) is 2.88. The number of nitrogens with two attached hydrogens (primary N) is 1. The highest BCUT2D eigenvalue weighted by atomic mass is 31.2. The lowest BCUT2D eigenvalue weighted by molar-refractivity contribution is -0.0397. The van der Waals surface area contributed by atoms with Crippen molar-refractivity contribution in [3.05, 3.63) is 12.7 Å². The molecule has 12 heteroatoms. The lowest BCUT2D eigenvalue weighted by Gasteiger charge is -2.17. The van der Waals surface area contributed by atoms with Gasteiger partial charge >= 0.3 is 7.60 Å². The van der Waals surface area contributed by atoms with Gasteiger partial charge in [0, 0.05) is 0 Å². The molecule has 0 amide bonds. The van der Waals surface area contributed by atoms with Crippen molar-refractivity contribution in [1.82, 2.24) is 19.7 Å². The predicted molar refractivity (Wildman–Crippen MR) is 70.1 cm³/mol. The van der Waals surface area contributed by atoms with E-state index >= 15 is 0 Å². The van der Waals surface area contributed by atoms with Crippen molar-refractivity contribution < 1.29 is 29.0 Å². The van der Waals surface area contributed by atoms with Gasteiger partial charge in [-0.25, -0.2) is 15.0 Å². The molecule has 0 aromatic carbocycles. The van der Waals surface area contributed by atoms with Crippen LogP contribution >= 0.6 is 7.60 Å². The van der Waals surface area contributed by atoms with E-state index in [0.717, 1.165) is 0 Å². The Morgan fingerprint density at radius 2 is 2.14 bits per heavy atom. The first-order valence-electron chi connectivity index (χ1n) is 5.74. The molecule has 0 aliphatic carbocycles. The Morgan fingerprint density at radius 3 is 2.81 bits per heavy atom. The topological polar surface area (TPSA) is 166 Å². The normalized spacial score (nSPS) is 13.5. The van der Waals surface area contributed by atoms with Crippen LogP contribution in [-0.4, -0.2) is 60.2 Å². The van der Waals surface area contributed by atoms with Gasteiger partial charge in [-0.2, -0.15) is 4.73 Å². The van der Waals surface area contributed by atoms with Crippen LogP contribution in [0, 0.1) is 0 Å². The fourth-order valence-corrected chi connectivity index (χ4v) is 1.83. The summed E-state index contributed by atoms with van der Waals surface area (Å²) in [6.07, 6.45) is 0.913. The molecule has 21 heavy (non-hydrogen) atoms. The van der Waals surface area contributed by atoms with E-state index in [1.807, 2.05) is 0 Å². The van der Waals surface area contributed by atoms with Gasteiger partial charge in [0.15, 0.2) is 17.4 Å². The van der Waals surface area contributed by atoms with Crippen LogP contribution in [0.1, 0.15) is 0 Å². The van der Waals surface area contributed by atoms with E-state index in [1.54, 1.807) is 0 Å². The molecule has 0 bridgehead atoms. The number of aromatic nitrogens is 4. The van der Waals surface area contributed by atoms with Gasteiger partial charge < -0.3 is 30.2 Å². The van der Waals surface area contributed by atoms with E-state index in [0.29, 0.717) is 11.2 Å². The molecule has 0 radical (unpaired) electrons. The Hall–Kier alpha value is -1.78. The summed E-state index contributed by atoms with van der Waals surface area (Å²) < 4.78 is 16.6. The number of rotatable bonds is 7. The molecule has 1 atom stereocenters. The molecule has 0 aliphatic heterocycles.